The number of hydrogen-bond acceptors (Lipinski definition) is 19. The third kappa shape index (κ3) is 13.0. The second kappa shape index (κ2) is 25.3. The topological polar surface area (TPSA) is 276 Å². The molecule has 7 aliphatic heterocycles. The lowest BCUT2D eigenvalue weighted by molar-refractivity contribution is -0.154. The number of anilines is 1. The number of aromatic nitrogens is 2. The maximum Gasteiger partial charge on any atom is 0.313 e. The molecular weight excluding hydrogens is 1320 g/mol. The Morgan fingerprint density at radius 1 is 0.567 bits per heavy atom. The first-order valence-corrected chi connectivity index (χ1v) is 36.8. The van der Waals surface area contributed by atoms with Crippen LogP contribution in [0, 0.1) is 29.1 Å². The number of nitrogens with zero attached hydrogens (tertiary/aromatic N) is 8. The first-order chi connectivity index (χ1) is 44.9. The van der Waals surface area contributed by atoms with Crippen molar-refractivity contribution in [3.05, 3.63) is 160 Å². The van der Waals surface area contributed by atoms with E-state index in [4.69, 9.17) is 25.2 Å². The number of halogens is 5. The maximum absolute atomic E-state index is 15.5. The number of esters is 2. The van der Waals surface area contributed by atoms with Crippen LogP contribution >= 0.6 is 0 Å². The number of rotatable bonds is 10. The molecule has 12 rings (SSSR count). The van der Waals surface area contributed by atoms with Gasteiger partial charge in [-0.05, 0) is 194 Å². The summed E-state index contributed by atoms with van der Waals surface area (Å²) in [7, 11) is -8.52. The van der Waals surface area contributed by atoms with E-state index in [9.17, 15) is 40.6 Å². The average Bonchev–Trinajstić information content (AvgIpc) is 1.69. The van der Waals surface area contributed by atoms with Crippen LogP contribution in [0.25, 0.3) is 0 Å². The summed E-state index contributed by atoms with van der Waals surface area (Å²) in [6.07, 6.45) is 3.04. The van der Waals surface area contributed by atoms with Crippen LogP contribution in [0.2, 0.25) is 0 Å². The Kier molecular flexibility index (Phi) is 18.8. The number of ketones is 2. The van der Waals surface area contributed by atoms with Gasteiger partial charge in [0.05, 0.1) is 79.7 Å². The maximum atomic E-state index is 15.5. The number of fused-ring (bicyclic) bond motifs is 8. The molecule has 19 nitrogen and oxygen atoms in total. The van der Waals surface area contributed by atoms with Crippen LogP contribution < -0.4 is 11.1 Å². The number of amidine groups is 1. The number of nitrogens with two attached hydrogens (primary N) is 1. The lowest BCUT2D eigenvalue weighted by Crippen LogP contribution is -2.58. The van der Waals surface area contributed by atoms with Crippen molar-refractivity contribution in [2.24, 2.45) is 33.8 Å². The van der Waals surface area contributed by atoms with Gasteiger partial charge in [-0.2, -0.15) is 0 Å². The molecule has 0 saturated carbocycles. The lowest BCUT2D eigenvalue weighted by Gasteiger charge is -2.46. The number of carbonyl (C=O) groups excluding carboxylic acids is 4. The van der Waals surface area contributed by atoms with Crippen LogP contribution in [-0.2, 0) is 77.7 Å². The standard InChI is InChI=1S/C28H33F2N3O4S.C22H24F2N4O2S.C20H26FN3O3S/c1-26(2,3)37-25(35)15-23-27(4,5)38(36)24(11-12-32-38)28(6,33-23)19-13-17(7-9-20(19)30)14-22(34)21-10-8-18(29)16-31-21;1-21(2)20(25)28-22(3,19-8-9-27-31(19,21)30)15-10-13(4-6-16(15)24)11-18(29)17-7-5-14(23)12-26-17;1-18(2)15-11-17(25)27-19(3,4)23-12-6-7-14(21)13(10-12)20(5,24-15)16-8-9-22-28(16,18)26/h7-10,13,16,24H,11-12,14-15H2,1-6H3;4-7,10,12,19H,8-9,11H2,1-3H3,(H2,25,28);6-7,10,16,23H,8-9,11H2,1-5H3/t24-,28+,38+;19-,22+,31+;16-,20+,28+/m000/s1. The highest BCUT2D eigenvalue weighted by atomic mass is 32.2. The Morgan fingerprint density at radius 3 is 1.44 bits per heavy atom. The molecule has 0 unspecified atom stereocenters. The highest BCUT2D eigenvalue weighted by Crippen LogP contribution is 2.52. The van der Waals surface area contributed by atoms with Gasteiger partial charge in [0.1, 0.15) is 73.3 Å². The third-order valence-electron chi connectivity index (χ3n) is 19.6. The molecule has 9 heterocycles. The minimum absolute atomic E-state index is 0.0445. The second-order valence-corrected chi connectivity index (χ2v) is 37.9. The minimum atomic E-state index is -2.96. The Bertz CT molecular complexity index is 4580. The smallest absolute Gasteiger partial charge is 0.313 e. The van der Waals surface area contributed by atoms with Crippen LogP contribution in [0.4, 0.5) is 27.6 Å². The molecule has 2 aromatic heterocycles. The summed E-state index contributed by atoms with van der Waals surface area (Å²) in [4.78, 5) is 72.9. The Morgan fingerprint density at radius 2 is 0.990 bits per heavy atom. The fourth-order valence-corrected chi connectivity index (χ4v) is 23.9. The predicted octanol–water partition coefficient (Wildman–Crippen LogP) is 12.2. The molecule has 0 spiro atoms. The van der Waals surface area contributed by atoms with Gasteiger partial charge in [0, 0.05) is 66.3 Å². The normalized spacial score (nSPS) is 29.8. The Balaban J connectivity index is 0.000000160. The fraction of sp³-hybridized carbons (Fsp3) is 0.500. The summed E-state index contributed by atoms with van der Waals surface area (Å²) in [5, 5.41) is 1.63. The third-order valence-corrected chi connectivity index (χ3v) is 30.8. The van der Waals surface area contributed by atoms with Gasteiger partial charge in [0.2, 0.25) is 0 Å². The number of ether oxygens (including phenoxy) is 2. The summed E-state index contributed by atoms with van der Waals surface area (Å²) in [5.74, 6) is -4.05. The van der Waals surface area contributed by atoms with E-state index in [1.54, 1.807) is 100 Å². The van der Waals surface area contributed by atoms with Crippen LogP contribution in [0.15, 0.2) is 119 Å². The molecule has 9 atom stereocenters. The van der Waals surface area contributed by atoms with E-state index in [0.717, 1.165) is 18.5 Å². The lowest BCUT2D eigenvalue weighted by atomic mass is 9.84. The molecular formula is C70H83F5N10O9S3. The van der Waals surface area contributed by atoms with Crippen LogP contribution in [0.3, 0.4) is 0 Å². The molecule has 0 saturated heterocycles. The van der Waals surface area contributed by atoms with E-state index in [0.29, 0.717) is 72.7 Å². The first kappa shape index (κ1) is 72.1. The molecule has 0 amide bonds. The zero-order chi connectivity index (χ0) is 71.2. The Hall–Kier alpha value is -7.65. The summed E-state index contributed by atoms with van der Waals surface area (Å²) in [5.41, 5.74) is 4.45. The number of carbonyl (C=O) groups is 4. The van der Waals surface area contributed by atoms with Crippen molar-refractivity contribution in [2.45, 2.75) is 200 Å². The molecule has 5 aromatic rings. The van der Waals surface area contributed by atoms with Gasteiger partial charge in [-0.25, -0.2) is 47.7 Å². The molecule has 0 aliphatic carbocycles. The van der Waals surface area contributed by atoms with E-state index in [2.05, 4.69) is 33.4 Å². The van der Waals surface area contributed by atoms with E-state index in [1.165, 1.54) is 48.5 Å². The van der Waals surface area contributed by atoms with E-state index in [-0.39, 0.29) is 65.6 Å². The van der Waals surface area contributed by atoms with E-state index < -0.39 is 128 Å². The van der Waals surface area contributed by atoms with Gasteiger partial charge in [-0.15, -0.1) is 0 Å². The first-order valence-electron chi connectivity index (χ1n) is 32.0. The van der Waals surface area contributed by atoms with Crippen molar-refractivity contribution >= 4 is 75.6 Å². The number of hydrogen-bond donors (Lipinski definition) is 2. The van der Waals surface area contributed by atoms with Crippen molar-refractivity contribution in [2.75, 3.05) is 25.0 Å². The number of benzene rings is 3. The molecule has 27 heteroatoms. The second-order valence-electron chi connectivity index (χ2n) is 29.0. The summed E-state index contributed by atoms with van der Waals surface area (Å²) in [6.45, 7) is 25.9. The molecule has 4 bridgehead atoms. The average molecular weight is 1400 g/mol. The van der Waals surface area contributed by atoms with Gasteiger partial charge in [-0.1, -0.05) is 12.1 Å². The van der Waals surface area contributed by atoms with Gasteiger partial charge in [-0.3, -0.25) is 44.1 Å². The van der Waals surface area contributed by atoms with Crippen molar-refractivity contribution in [1.29, 1.82) is 0 Å². The Labute approximate surface area is 564 Å². The summed E-state index contributed by atoms with van der Waals surface area (Å²) >= 11 is 0. The van der Waals surface area contributed by atoms with Crippen molar-refractivity contribution in [3.8, 4) is 0 Å². The van der Waals surface area contributed by atoms with E-state index >= 15 is 13.2 Å². The minimum Gasteiger partial charge on any atom is -0.460 e. The summed E-state index contributed by atoms with van der Waals surface area (Å²) < 4.78 is 136. The molecule has 3 N–H and O–H groups in total. The van der Waals surface area contributed by atoms with Gasteiger partial charge >= 0.3 is 11.9 Å². The largest absolute Gasteiger partial charge is 0.460 e. The van der Waals surface area contributed by atoms with Crippen molar-refractivity contribution in [1.82, 2.24) is 9.97 Å². The van der Waals surface area contributed by atoms with Crippen LogP contribution in [0.5, 0.6) is 0 Å². The highest BCUT2D eigenvalue weighted by Gasteiger charge is 2.60. The van der Waals surface area contributed by atoms with E-state index in [1.807, 2.05) is 20.8 Å². The molecule has 3 aromatic carbocycles. The number of Topliss-reactive ketones (excluding diaryl/α,β-unsaturated/α-hetero) is 2. The predicted molar refractivity (Wildman–Crippen MR) is 365 cm³/mol. The van der Waals surface area contributed by atoms with Crippen molar-refractivity contribution < 1.29 is 63.2 Å². The molecule has 97 heavy (non-hydrogen) atoms. The SMILES string of the molecule is CC(C)(C)OC(=O)CC1=N[C@](C)(c2cc(CC(=O)c3ccc(F)cn3)ccc2F)[C@@H]2CCN=[S@]2(=O)C1(C)C.CC1(C)C(N)=N[C@](C)(c2cc(CC(=O)c3ccc(F)cn3)ccc2F)[C@@H]2CCN=[S@@]21=O.CC1(C)Nc2ccc(F)c(c2)[C@@]2(C)N=C(CC(=O)O1)C(C)(C)[S@@]1(=O)=NCC[C@@H]21. The quantitative estimate of drug-likeness (QED) is 0.0748. The molecule has 7 aliphatic rings. The van der Waals surface area contributed by atoms with Crippen molar-refractivity contribution in [3.63, 3.8) is 0 Å². The number of aliphatic imine (C=N–C) groups is 3. The zero-order valence-electron chi connectivity index (χ0n) is 56.9. The summed E-state index contributed by atoms with van der Waals surface area (Å²) in [6, 6.07) is 18.3. The fourth-order valence-electron chi connectivity index (χ4n) is 14.2. The zero-order valence-corrected chi connectivity index (χ0v) is 59.4. The van der Waals surface area contributed by atoms with Gasteiger partial charge in [0.15, 0.2) is 17.3 Å². The monoisotopic (exact) mass is 1400 g/mol. The van der Waals surface area contributed by atoms with Crippen LogP contribution in [-0.4, -0.2) is 124 Å². The molecule has 520 valence electrons. The number of cyclic esters (lactones) is 1. The molecule has 0 fully saturated rings. The highest BCUT2D eigenvalue weighted by molar-refractivity contribution is 7.97. The number of pyridine rings is 2. The van der Waals surface area contributed by atoms with Gasteiger partial charge in [0.25, 0.3) is 0 Å². The number of nitrogens with one attached hydrogen (secondary N) is 1. The van der Waals surface area contributed by atoms with Crippen LogP contribution in [0.1, 0.15) is 178 Å². The molecule has 0 radical (unpaired) electrons. The van der Waals surface area contributed by atoms with Gasteiger partial charge < -0.3 is 20.5 Å².